The molecule has 0 unspecified atom stereocenters. The fourth-order valence-electron chi connectivity index (χ4n) is 2.37. The van der Waals surface area contributed by atoms with Crippen LogP contribution in [0.25, 0.3) is 0 Å². The van der Waals surface area contributed by atoms with Crippen molar-refractivity contribution in [1.29, 1.82) is 0 Å². The minimum atomic E-state index is -0.961. The molecule has 0 saturated heterocycles. The minimum Gasteiger partial charge on any atom is -0.507 e. The first-order valence-corrected chi connectivity index (χ1v) is 8.90. The summed E-state index contributed by atoms with van der Waals surface area (Å²) in [6.45, 7) is 3.44. The Labute approximate surface area is 170 Å². The number of phenols is 1. The van der Waals surface area contributed by atoms with Gasteiger partial charge >= 0.3 is 0 Å². The predicted octanol–water partition coefficient (Wildman–Crippen LogP) is 4.00. The quantitative estimate of drug-likeness (QED) is 0.476. The Kier molecular flexibility index (Phi) is 6.82. The van der Waals surface area contributed by atoms with Crippen LogP contribution >= 0.6 is 23.2 Å². The highest BCUT2D eigenvalue weighted by Gasteiger charge is 2.26. The van der Waals surface area contributed by atoms with E-state index in [0.29, 0.717) is 0 Å². The van der Waals surface area contributed by atoms with E-state index >= 15 is 0 Å². The maximum Gasteiger partial charge on any atom is 0.271 e. The molecule has 0 saturated carbocycles. The highest BCUT2D eigenvalue weighted by Crippen LogP contribution is 2.27. The van der Waals surface area contributed by atoms with Gasteiger partial charge in [0, 0.05) is 17.2 Å². The average Bonchev–Trinajstić information content (AvgIpc) is 2.62. The molecule has 2 aromatic rings. The lowest BCUT2D eigenvalue weighted by atomic mass is 10.0. The molecule has 0 aromatic heterocycles. The molecule has 0 fully saturated rings. The molecule has 1 atom stereocenters. The normalized spacial score (nSPS) is 11.8. The van der Waals surface area contributed by atoms with Crippen molar-refractivity contribution < 1.29 is 19.6 Å². The van der Waals surface area contributed by atoms with Crippen LogP contribution in [0, 0.1) is 16.0 Å². The van der Waals surface area contributed by atoms with Gasteiger partial charge in [0.2, 0.25) is 5.91 Å². The van der Waals surface area contributed by atoms with E-state index in [2.05, 4.69) is 10.6 Å². The van der Waals surface area contributed by atoms with Crippen LogP contribution in [-0.4, -0.2) is 27.9 Å². The van der Waals surface area contributed by atoms with Gasteiger partial charge in [0.05, 0.1) is 21.2 Å². The lowest BCUT2D eigenvalue weighted by molar-refractivity contribution is -0.384. The van der Waals surface area contributed by atoms with Crippen molar-refractivity contribution in [1.82, 2.24) is 5.32 Å². The average molecular weight is 426 g/mol. The van der Waals surface area contributed by atoms with Gasteiger partial charge < -0.3 is 15.7 Å². The van der Waals surface area contributed by atoms with Gasteiger partial charge in [0.15, 0.2) is 0 Å². The Morgan fingerprint density at radius 3 is 2.39 bits per heavy atom. The van der Waals surface area contributed by atoms with E-state index in [4.69, 9.17) is 23.2 Å². The summed E-state index contributed by atoms with van der Waals surface area (Å²) in [6, 6.07) is 6.65. The van der Waals surface area contributed by atoms with Crippen molar-refractivity contribution in [2.45, 2.75) is 19.9 Å². The first-order valence-electron chi connectivity index (χ1n) is 8.14. The van der Waals surface area contributed by atoms with Gasteiger partial charge in [0.1, 0.15) is 11.8 Å². The molecular weight excluding hydrogens is 409 g/mol. The Morgan fingerprint density at radius 1 is 1.14 bits per heavy atom. The van der Waals surface area contributed by atoms with Gasteiger partial charge in [-0.05, 0) is 30.2 Å². The van der Waals surface area contributed by atoms with Crippen LogP contribution in [0.15, 0.2) is 36.4 Å². The summed E-state index contributed by atoms with van der Waals surface area (Å²) >= 11 is 11.8. The van der Waals surface area contributed by atoms with E-state index in [0.717, 1.165) is 6.07 Å². The van der Waals surface area contributed by atoms with E-state index in [-0.39, 0.29) is 38.7 Å². The number of hydrogen-bond donors (Lipinski definition) is 3. The zero-order chi connectivity index (χ0) is 21.0. The highest BCUT2D eigenvalue weighted by atomic mass is 35.5. The molecule has 0 aliphatic heterocycles. The molecule has 10 heteroatoms. The molecule has 148 valence electrons. The van der Waals surface area contributed by atoms with Crippen LogP contribution in [0.1, 0.15) is 24.2 Å². The fraction of sp³-hybridized carbons (Fsp3) is 0.222. The highest BCUT2D eigenvalue weighted by molar-refractivity contribution is 6.34. The molecular formula is C18H17Cl2N3O5. The van der Waals surface area contributed by atoms with Crippen molar-refractivity contribution in [2.24, 2.45) is 5.92 Å². The molecule has 2 aromatic carbocycles. The number of rotatable bonds is 6. The summed E-state index contributed by atoms with van der Waals surface area (Å²) in [7, 11) is 0. The standard InChI is InChI=1S/C18H17Cl2N3O5/c1-9(2)16(22-17(25)12-7-10(19)3-6-15(12)24)18(26)21-14-5-4-11(23(27)28)8-13(14)20/h3-9,16,24H,1-2H3,(H,21,26)(H,22,25)/t16-/m0/s1. The number of phenolic OH excluding ortho intramolecular Hbond substituents is 1. The van der Waals surface area contributed by atoms with Crippen molar-refractivity contribution in [3.63, 3.8) is 0 Å². The topological polar surface area (TPSA) is 122 Å². The summed E-state index contributed by atoms with van der Waals surface area (Å²) in [6.07, 6.45) is 0. The number of benzene rings is 2. The lowest BCUT2D eigenvalue weighted by Gasteiger charge is -2.22. The van der Waals surface area contributed by atoms with Gasteiger partial charge in [-0.1, -0.05) is 37.0 Å². The summed E-state index contributed by atoms with van der Waals surface area (Å²) in [5.74, 6) is -1.82. The number of halogens is 2. The molecule has 0 radical (unpaired) electrons. The van der Waals surface area contributed by atoms with E-state index in [1.165, 1.54) is 30.3 Å². The molecule has 28 heavy (non-hydrogen) atoms. The molecule has 0 bridgehead atoms. The molecule has 0 aliphatic carbocycles. The van der Waals surface area contributed by atoms with Crippen LogP contribution in [0.4, 0.5) is 11.4 Å². The van der Waals surface area contributed by atoms with Crippen molar-refractivity contribution >= 4 is 46.4 Å². The maximum absolute atomic E-state index is 12.6. The second-order valence-electron chi connectivity index (χ2n) is 6.27. The molecule has 0 heterocycles. The summed E-state index contributed by atoms with van der Waals surface area (Å²) < 4.78 is 0. The van der Waals surface area contributed by atoms with E-state index in [1.807, 2.05) is 0 Å². The Morgan fingerprint density at radius 2 is 1.82 bits per heavy atom. The monoisotopic (exact) mass is 425 g/mol. The van der Waals surface area contributed by atoms with Gasteiger partial charge in [-0.25, -0.2) is 0 Å². The number of aromatic hydroxyl groups is 1. The number of nitrogens with one attached hydrogen (secondary N) is 2. The number of hydrogen-bond acceptors (Lipinski definition) is 5. The van der Waals surface area contributed by atoms with E-state index in [1.54, 1.807) is 13.8 Å². The lowest BCUT2D eigenvalue weighted by Crippen LogP contribution is -2.47. The number of nitro benzene ring substituents is 1. The molecule has 8 nitrogen and oxygen atoms in total. The van der Waals surface area contributed by atoms with Crippen LogP contribution in [-0.2, 0) is 4.79 Å². The zero-order valence-electron chi connectivity index (χ0n) is 14.9. The number of carbonyl (C=O) groups excluding carboxylic acids is 2. The molecule has 0 spiro atoms. The second-order valence-corrected chi connectivity index (χ2v) is 7.11. The third-order valence-electron chi connectivity index (χ3n) is 3.86. The number of nitro groups is 1. The summed E-state index contributed by atoms with van der Waals surface area (Å²) in [5, 5.41) is 26.0. The number of carbonyl (C=O) groups is 2. The SMILES string of the molecule is CC(C)[C@H](NC(=O)c1cc(Cl)ccc1O)C(=O)Nc1ccc([N+](=O)[O-])cc1Cl. The van der Waals surface area contributed by atoms with Gasteiger partial charge in [-0.15, -0.1) is 0 Å². The van der Waals surface area contributed by atoms with Gasteiger partial charge in [-0.3, -0.25) is 19.7 Å². The number of anilines is 1. The van der Waals surface area contributed by atoms with Crippen LogP contribution in [0.5, 0.6) is 5.75 Å². The number of non-ortho nitro benzene ring substituents is 1. The number of amides is 2. The fourth-order valence-corrected chi connectivity index (χ4v) is 2.77. The predicted molar refractivity (Wildman–Crippen MR) is 106 cm³/mol. The third-order valence-corrected chi connectivity index (χ3v) is 4.41. The van der Waals surface area contributed by atoms with E-state index < -0.39 is 22.8 Å². The van der Waals surface area contributed by atoms with Crippen molar-refractivity contribution in [2.75, 3.05) is 5.32 Å². The van der Waals surface area contributed by atoms with Crippen LogP contribution in [0.3, 0.4) is 0 Å². The second kappa shape index (κ2) is 8.90. The molecule has 3 N–H and O–H groups in total. The third kappa shape index (κ3) is 5.11. The van der Waals surface area contributed by atoms with Crippen molar-refractivity contribution in [3.8, 4) is 5.75 Å². The summed E-state index contributed by atoms with van der Waals surface area (Å²) in [4.78, 5) is 35.3. The maximum atomic E-state index is 12.6. The molecule has 2 rings (SSSR count). The van der Waals surface area contributed by atoms with Crippen LogP contribution < -0.4 is 10.6 Å². The Balaban J connectivity index is 2.19. The van der Waals surface area contributed by atoms with Gasteiger partial charge in [0.25, 0.3) is 11.6 Å². The summed E-state index contributed by atoms with van der Waals surface area (Å²) in [5.41, 5.74) is -0.116. The van der Waals surface area contributed by atoms with Crippen molar-refractivity contribution in [3.05, 3.63) is 62.1 Å². The number of nitrogens with zero attached hydrogens (tertiary/aromatic N) is 1. The van der Waals surface area contributed by atoms with Gasteiger partial charge in [-0.2, -0.15) is 0 Å². The molecule has 2 amide bonds. The first kappa shape index (κ1) is 21.5. The largest absolute Gasteiger partial charge is 0.507 e. The van der Waals surface area contributed by atoms with Crippen LogP contribution in [0.2, 0.25) is 10.0 Å². The van der Waals surface area contributed by atoms with E-state index in [9.17, 15) is 24.8 Å². The minimum absolute atomic E-state index is 0.0103. The smallest absolute Gasteiger partial charge is 0.271 e. The molecule has 0 aliphatic rings. The Hall–Kier alpha value is -2.84. The zero-order valence-corrected chi connectivity index (χ0v) is 16.4. The first-order chi connectivity index (χ1) is 13.1. The Bertz CT molecular complexity index is 933.